The van der Waals surface area contributed by atoms with Gasteiger partial charge in [0.15, 0.2) is 0 Å². The summed E-state index contributed by atoms with van der Waals surface area (Å²) < 4.78 is 12.9. The van der Waals surface area contributed by atoms with Crippen molar-refractivity contribution in [1.29, 1.82) is 0 Å². The zero-order valence-corrected chi connectivity index (χ0v) is 12.1. The average Bonchev–Trinajstić information content (AvgIpc) is 2.26. The van der Waals surface area contributed by atoms with E-state index < -0.39 is 5.82 Å². The monoisotopic (exact) mass is 287 g/mol. The van der Waals surface area contributed by atoms with Crippen LogP contribution in [0.15, 0.2) is 18.2 Å². The van der Waals surface area contributed by atoms with Gasteiger partial charge >= 0.3 is 0 Å². The molecule has 1 aromatic carbocycles. The van der Waals surface area contributed by atoms with E-state index in [1.165, 1.54) is 12.1 Å². The molecule has 3 nitrogen and oxygen atoms in total. The van der Waals surface area contributed by atoms with Crippen LogP contribution >= 0.6 is 11.6 Å². The van der Waals surface area contributed by atoms with E-state index in [0.29, 0.717) is 6.42 Å². The summed E-state index contributed by atoms with van der Waals surface area (Å²) in [5.41, 5.74) is 0.0421. The lowest BCUT2D eigenvalue weighted by atomic mass is 9.85. The molecule has 5 heteroatoms. The number of nitrogens with one attached hydrogen (secondary N) is 1. The number of aliphatic hydroxyl groups excluding tert-OH is 1. The lowest BCUT2D eigenvalue weighted by Gasteiger charge is -2.31. The normalized spacial score (nSPS) is 13.2. The average molecular weight is 288 g/mol. The maximum absolute atomic E-state index is 12.9. The number of hydrogen-bond donors (Lipinski definition) is 2. The molecule has 0 saturated heterocycles. The Morgan fingerprint density at radius 3 is 2.58 bits per heavy atom. The van der Waals surface area contributed by atoms with Crippen molar-refractivity contribution in [3.05, 3.63) is 34.6 Å². The number of halogens is 2. The quantitative estimate of drug-likeness (QED) is 0.894. The second-order valence-electron chi connectivity index (χ2n) is 5.53. The van der Waals surface area contributed by atoms with Crippen LogP contribution in [0.5, 0.6) is 0 Å². The van der Waals surface area contributed by atoms with Gasteiger partial charge in [0.05, 0.1) is 10.6 Å². The van der Waals surface area contributed by atoms with Crippen molar-refractivity contribution in [3.8, 4) is 0 Å². The SMILES string of the molecule is CC(C)(C)C(CCO)NC(=O)c1ccc(F)cc1Cl. The van der Waals surface area contributed by atoms with Crippen molar-refractivity contribution in [2.45, 2.75) is 33.2 Å². The Kier molecular flexibility index (Phi) is 5.32. The number of rotatable bonds is 4. The molecule has 1 aromatic rings. The molecule has 1 rings (SSSR count). The van der Waals surface area contributed by atoms with Crippen LogP contribution in [0.2, 0.25) is 5.02 Å². The van der Waals surface area contributed by atoms with Crippen LogP contribution in [0, 0.1) is 11.2 Å². The maximum atomic E-state index is 12.9. The minimum atomic E-state index is -0.482. The van der Waals surface area contributed by atoms with Crippen LogP contribution in [0.1, 0.15) is 37.6 Å². The van der Waals surface area contributed by atoms with Crippen molar-refractivity contribution >= 4 is 17.5 Å². The van der Waals surface area contributed by atoms with Gasteiger partial charge in [0.25, 0.3) is 5.91 Å². The van der Waals surface area contributed by atoms with Crippen LogP contribution in [-0.2, 0) is 0 Å². The Bertz CT molecular complexity index is 457. The van der Waals surface area contributed by atoms with Gasteiger partial charge in [0.2, 0.25) is 0 Å². The molecule has 0 aliphatic heterocycles. The first-order valence-corrected chi connectivity index (χ1v) is 6.50. The molecule has 1 amide bonds. The predicted molar refractivity (Wildman–Crippen MR) is 73.8 cm³/mol. The molecule has 0 radical (unpaired) electrons. The lowest BCUT2D eigenvalue weighted by molar-refractivity contribution is 0.0885. The Morgan fingerprint density at radius 1 is 1.47 bits per heavy atom. The van der Waals surface area contributed by atoms with Crippen LogP contribution in [0.25, 0.3) is 0 Å². The number of amides is 1. The summed E-state index contributed by atoms with van der Waals surface area (Å²) >= 11 is 5.85. The molecule has 106 valence electrons. The molecule has 0 heterocycles. The second-order valence-corrected chi connectivity index (χ2v) is 5.94. The van der Waals surface area contributed by atoms with E-state index in [1.807, 2.05) is 20.8 Å². The van der Waals surface area contributed by atoms with Crippen molar-refractivity contribution in [2.75, 3.05) is 6.61 Å². The highest BCUT2D eigenvalue weighted by molar-refractivity contribution is 6.33. The van der Waals surface area contributed by atoms with Crippen molar-refractivity contribution < 1.29 is 14.3 Å². The largest absolute Gasteiger partial charge is 0.396 e. The number of benzene rings is 1. The third-order valence-electron chi connectivity index (χ3n) is 2.94. The minimum absolute atomic E-state index is 0.0145. The zero-order valence-electron chi connectivity index (χ0n) is 11.3. The molecule has 2 N–H and O–H groups in total. The lowest BCUT2D eigenvalue weighted by Crippen LogP contribution is -2.44. The number of carbonyl (C=O) groups is 1. The first-order chi connectivity index (χ1) is 8.75. The third kappa shape index (κ3) is 4.48. The fourth-order valence-electron chi connectivity index (χ4n) is 1.76. The van der Waals surface area contributed by atoms with Gasteiger partial charge < -0.3 is 10.4 Å². The Labute approximate surface area is 117 Å². The highest BCUT2D eigenvalue weighted by Crippen LogP contribution is 2.23. The molecule has 1 atom stereocenters. The summed E-state index contributed by atoms with van der Waals surface area (Å²) in [7, 11) is 0. The first-order valence-electron chi connectivity index (χ1n) is 6.12. The Hall–Kier alpha value is -1.13. The van der Waals surface area contributed by atoms with Crippen LogP contribution in [0.4, 0.5) is 4.39 Å². The van der Waals surface area contributed by atoms with Gasteiger partial charge in [0, 0.05) is 12.6 Å². The molecule has 19 heavy (non-hydrogen) atoms. The molecule has 0 bridgehead atoms. The topological polar surface area (TPSA) is 49.3 Å². The van der Waals surface area contributed by atoms with Gasteiger partial charge in [0.1, 0.15) is 5.82 Å². The fourth-order valence-corrected chi connectivity index (χ4v) is 2.01. The second kappa shape index (κ2) is 6.35. The molecular weight excluding hydrogens is 269 g/mol. The molecule has 0 aromatic heterocycles. The van der Waals surface area contributed by atoms with E-state index in [-0.39, 0.29) is 34.6 Å². The standard InChI is InChI=1S/C14H19ClFNO2/c1-14(2,3)12(6-7-18)17-13(19)10-5-4-9(16)8-11(10)15/h4-5,8,12,18H,6-7H2,1-3H3,(H,17,19). The van der Waals surface area contributed by atoms with Gasteiger partial charge in [-0.3, -0.25) is 4.79 Å². The van der Waals surface area contributed by atoms with E-state index in [9.17, 15) is 9.18 Å². The number of aliphatic hydroxyl groups is 1. The highest BCUT2D eigenvalue weighted by atomic mass is 35.5. The van der Waals surface area contributed by atoms with Crippen LogP contribution in [0.3, 0.4) is 0 Å². The molecular formula is C14H19ClFNO2. The molecule has 1 unspecified atom stereocenters. The molecule has 0 aliphatic rings. The summed E-state index contributed by atoms with van der Waals surface area (Å²) in [6, 6.07) is 3.46. The molecule has 0 spiro atoms. The smallest absolute Gasteiger partial charge is 0.253 e. The highest BCUT2D eigenvalue weighted by Gasteiger charge is 2.26. The summed E-state index contributed by atoms with van der Waals surface area (Å²) in [5, 5.41) is 12.0. The van der Waals surface area contributed by atoms with Gasteiger partial charge in [-0.25, -0.2) is 4.39 Å². The number of hydrogen-bond acceptors (Lipinski definition) is 2. The molecule has 0 aliphatic carbocycles. The maximum Gasteiger partial charge on any atom is 0.253 e. The molecule has 0 saturated carbocycles. The Morgan fingerprint density at radius 2 is 2.11 bits per heavy atom. The van der Waals surface area contributed by atoms with Gasteiger partial charge in [-0.15, -0.1) is 0 Å². The van der Waals surface area contributed by atoms with Crippen molar-refractivity contribution in [3.63, 3.8) is 0 Å². The summed E-state index contributed by atoms with van der Waals surface area (Å²) in [5.74, 6) is -0.845. The molecule has 0 fully saturated rings. The van der Waals surface area contributed by atoms with E-state index >= 15 is 0 Å². The van der Waals surface area contributed by atoms with Gasteiger partial charge in [-0.05, 0) is 30.0 Å². The third-order valence-corrected chi connectivity index (χ3v) is 3.26. The Balaban J connectivity index is 2.88. The van der Waals surface area contributed by atoms with Gasteiger partial charge in [-0.2, -0.15) is 0 Å². The van der Waals surface area contributed by atoms with Crippen molar-refractivity contribution in [2.24, 2.45) is 5.41 Å². The van der Waals surface area contributed by atoms with E-state index in [4.69, 9.17) is 16.7 Å². The van der Waals surface area contributed by atoms with Crippen LogP contribution < -0.4 is 5.32 Å². The van der Waals surface area contributed by atoms with Gasteiger partial charge in [-0.1, -0.05) is 32.4 Å². The van der Waals surface area contributed by atoms with E-state index in [2.05, 4.69) is 5.32 Å². The fraction of sp³-hybridized carbons (Fsp3) is 0.500. The zero-order chi connectivity index (χ0) is 14.6. The minimum Gasteiger partial charge on any atom is -0.396 e. The predicted octanol–water partition coefficient (Wildman–Crippen LogP) is 3.01. The summed E-state index contributed by atoms with van der Waals surface area (Å²) in [4.78, 5) is 12.1. The van der Waals surface area contributed by atoms with Crippen molar-refractivity contribution in [1.82, 2.24) is 5.32 Å². The van der Waals surface area contributed by atoms with E-state index in [0.717, 1.165) is 6.07 Å². The summed E-state index contributed by atoms with van der Waals surface area (Å²) in [6.07, 6.45) is 0.452. The van der Waals surface area contributed by atoms with Crippen LogP contribution in [-0.4, -0.2) is 23.7 Å². The van der Waals surface area contributed by atoms with E-state index in [1.54, 1.807) is 0 Å². The summed E-state index contributed by atoms with van der Waals surface area (Å²) in [6.45, 7) is 5.90. The number of carbonyl (C=O) groups excluding carboxylic acids is 1. The first kappa shape index (κ1) is 15.9.